The number of rotatable bonds is 5. The van der Waals surface area contributed by atoms with Gasteiger partial charge in [0, 0.05) is 13.2 Å². The van der Waals surface area contributed by atoms with Gasteiger partial charge in [0.05, 0.1) is 15.6 Å². The predicted octanol–water partition coefficient (Wildman–Crippen LogP) is 4.47. The summed E-state index contributed by atoms with van der Waals surface area (Å²) in [6.07, 6.45) is 6.95. The van der Waals surface area contributed by atoms with Crippen LogP contribution in [0.25, 0.3) is 0 Å². The maximum atomic E-state index is 6.11. The lowest BCUT2D eigenvalue weighted by Gasteiger charge is -2.42. The number of nitrogens with one attached hydrogen (secondary N) is 1. The van der Waals surface area contributed by atoms with Gasteiger partial charge < -0.3 is 10.1 Å². The number of halogens is 2. The van der Waals surface area contributed by atoms with Crippen molar-refractivity contribution in [2.75, 3.05) is 14.2 Å². The zero-order chi connectivity index (χ0) is 14.6. The first-order chi connectivity index (χ1) is 9.61. The summed E-state index contributed by atoms with van der Waals surface area (Å²) < 4.78 is 5.94. The molecule has 0 radical (unpaired) electrons. The zero-order valence-electron chi connectivity index (χ0n) is 12.2. The van der Waals surface area contributed by atoms with Crippen molar-refractivity contribution in [2.45, 2.75) is 50.2 Å². The molecular weight excluding hydrogens is 293 g/mol. The highest BCUT2D eigenvalue weighted by Crippen LogP contribution is 2.35. The molecule has 2 rings (SSSR count). The Morgan fingerprint density at radius 2 is 1.90 bits per heavy atom. The van der Waals surface area contributed by atoms with E-state index in [1.807, 2.05) is 32.4 Å². The molecule has 1 unspecified atom stereocenters. The summed E-state index contributed by atoms with van der Waals surface area (Å²) in [4.78, 5) is 0. The van der Waals surface area contributed by atoms with Crippen LogP contribution in [0.3, 0.4) is 0 Å². The molecular formula is C16H23Cl2NO. The second kappa shape index (κ2) is 7.13. The van der Waals surface area contributed by atoms with E-state index in [0.29, 0.717) is 16.1 Å². The molecule has 20 heavy (non-hydrogen) atoms. The summed E-state index contributed by atoms with van der Waals surface area (Å²) in [6.45, 7) is 0. The normalized spacial score (nSPS) is 19.8. The first kappa shape index (κ1) is 16.1. The molecule has 1 aromatic carbocycles. The van der Waals surface area contributed by atoms with E-state index in [2.05, 4.69) is 5.32 Å². The van der Waals surface area contributed by atoms with Gasteiger partial charge in [0.1, 0.15) is 0 Å². The Labute approximate surface area is 131 Å². The number of hydrogen-bond acceptors (Lipinski definition) is 2. The van der Waals surface area contributed by atoms with Gasteiger partial charge in [0.15, 0.2) is 0 Å². The van der Waals surface area contributed by atoms with Crippen molar-refractivity contribution in [3.63, 3.8) is 0 Å². The average Bonchev–Trinajstić information content (AvgIpc) is 2.49. The molecule has 1 aliphatic carbocycles. The van der Waals surface area contributed by atoms with Crippen molar-refractivity contribution in [1.29, 1.82) is 0 Å². The molecule has 1 aromatic rings. The fraction of sp³-hybridized carbons (Fsp3) is 0.625. The third kappa shape index (κ3) is 3.48. The second-order valence-corrected chi connectivity index (χ2v) is 6.44. The fourth-order valence-electron chi connectivity index (χ4n) is 3.30. The zero-order valence-corrected chi connectivity index (χ0v) is 13.7. The van der Waals surface area contributed by atoms with E-state index in [9.17, 15) is 0 Å². The molecule has 1 atom stereocenters. The van der Waals surface area contributed by atoms with Crippen molar-refractivity contribution < 1.29 is 4.74 Å². The lowest BCUT2D eigenvalue weighted by molar-refractivity contribution is -0.0657. The monoisotopic (exact) mass is 315 g/mol. The quantitative estimate of drug-likeness (QED) is 0.865. The number of hydrogen-bond donors (Lipinski definition) is 1. The molecule has 2 nitrogen and oxygen atoms in total. The van der Waals surface area contributed by atoms with Gasteiger partial charge in [-0.3, -0.25) is 0 Å². The largest absolute Gasteiger partial charge is 0.377 e. The SMILES string of the molecule is CNC(Cc1ccc(Cl)c(Cl)c1)C1(OC)CCCCC1. The van der Waals surface area contributed by atoms with Crippen molar-refractivity contribution in [1.82, 2.24) is 5.32 Å². The van der Waals surface area contributed by atoms with Crippen LogP contribution in [0.5, 0.6) is 0 Å². The standard InChI is InChI=1S/C16H23Cl2NO/c1-19-15(16(20-2)8-4-3-5-9-16)11-12-6-7-13(17)14(18)10-12/h6-7,10,15,19H,3-5,8-9,11H2,1-2H3. The van der Waals surface area contributed by atoms with Gasteiger partial charge in [-0.05, 0) is 44.0 Å². The summed E-state index contributed by atoms with van der Waals surface area (Å²) in [7, 11) is 3.85. The van der Waals surface area contributed by atoms with Crippen molar-refractivity contribution in [3.05, 3.63) is 33.8 Å². The molecule has 112 valence electrons. The summed E-state index contributed by atoms with van der Waals surface area (Å²) in [5.74, 6) is 0. The summed E-state index contributed by atoms with van der Waals surface area (Å²) in [6, 6.07) is 6.17. The van der Waals surface area contributed by atoms with Gasteiger partial charge in [0.2, 0.25) is 0 Å². The average molecular weight is 316 g/mol. The molecule has 1 saturated carbocycles. The molecule has 1 N–H and O–H groups in total. The van der Waals surface area contributed by atoms with E-state index in [1.165, 1.54) is 24.8 Å². The summed E-state index contributed by atoms with van der Waals surface area (Å²) >= 11 is 12.1. The lowest BCUT2D eigenvalue weighted by atomic mass is 9.77. The molecule has 0 spiro atoms. The number of methoxy groups -OCH3 is 1. The molecule has 0 heterocycles. The smallest absolute Gasteiger partial charge is 0.0834 e. The second-order valence-electron chi connectivity index (χ2n) is 5.62. The Balaban J connectivity index is 2.16. The van der Waals surface area contributed by atoms with Gasteiger partial charge in [-0.15, -0.1) is 0 Å². The van der Waals surface area contributed by atoms with Crippen LogP contribution in [0.2, 0.25) is 10.0 Å². The Kier molecular flexibility index (Phi) is 5.74. The van der Waals surface area contributed by atoms with Crippen LogP contribution in [-0.4, -0.2) is 25.8 Å². The highest BCUT2D eigenvalue weighted by molar-refractivity contribution is 6.42. The van der Waals surface area contributed by atoms with Crippen LogP contribution < -0.4 is 5.32 Å². The van der Waals surface area contributed by atoms with Crippen LogP contribution in [-0.2, 0) is 11.2 Å². The van der Waals surface area contributed by atoms with E-state index in [-0.39, 0.29) is 5.60 Å². The van der Waals surface area contributed by atoms with E-state index in [1.54, 1.807) is 0 Å². The Hall–Kier alpha value is -0.280. The molecule has 1 aliphatic rings. The minimum atomic E-state index is -0.0564. The van der Waals surface area contributed by atoms with Crippen LogP contribution in [0.4, 0.5) is 0 Å². The van der Waals surface area contributed by atoms with Crippen molar-refractivity contribution >= 4 is 23.2 Å². The van der Waals surface area contributed by atoms with Crippen LogP contribution in [0, 0.1) is 0 Å². The molecule has 0 bridgehead atoms. The van der Waals surface area contributed by atoms with Gasteiger partial charge >= 0.3 is 0 Å². The van der Waals surface area contributed by atoms with E-state index < -0.39 is 0 Å². The Morgan fingerprint density at radius 1 is 1.20 bits per heavy atom. The minimum Gasteiger partial charge on any atom is -0.377 e. The minimum absolute atomic E-state index is 0.0564. The van der Waals surface area contributed by atoms with Gasteiger partial charge in [-0.2, -0.15) is 0 Å². The fourth-order valence-corrected chi connectivity index (χ4v) is 3.62. The highest BCUT2D eigenvalue weighted by Gasteiger charge is 2.39. The third-order valence-electron chi connectivity index (χ3n) is 4.51. The predicted molar refractivity (Wildman–Crippen MR) is 85.8 cm³/mol. The third-order valence-corrected chi connectivity index (χ3v) is 5.25. The lowest BCUT2D eigenvalue weighted by Crippen LogP contribution is -2.53. The first-order valence-electron chi connectivity index (χ1n) is 7.27. The number of ether oxygens (including phenoxy) is 1. The Bertz CT molecular complexity index is 444. The van der Waals surface area contributed by atoms with Crippen LogP contribution >= 0.6 is 23.2 Å². The molecule has 0 saturated heterocycles. The Morgan fingerprint density at radius 3 is 2.45 bits per heavy atom. The van der Waals surface area contributed by atoms with Gasteiger partial charge in [-0.25, -0.2) is 0 Å². The topological polar surface area (TPSA) is 21.3 Å². The molecule has 0 aromatic heterocycles. The number of likely N-dealkylation sites (N-methyl/N-ethyl adjacent to an activating group) is 1. The first-order valence-corrected chi connectivity index (χ1v) is 8.03. The van der Waals surface area contributed by atoms with E-state index in [4.69, 9.17) is 27.9 Å². The summed E-state index contributed by atoms with van der Waals surface area (Å²) in [5.41, 5.74) is 1.14. The van der Waals surface area contributed by atoms with Crippen molar-refractivity contribution in [2.24, 2.45) is 0 Å². The van der Waals surface area contributed by atoms with Gasteiger partial charge in [-0.1, -0.05) is 48.5 Å². The number of benzene rings is 1. The van der Waals surface area contributed by atoms with Gasteiger partial charge in [0.25, 0.3) is 0 Å². The van der Waals surface area contributed by atoms with Crippen LogP contribution in [0.1, 0.15) is 37.7 Å². The molecule has 4 heteroatoms. The van der Waals surface area contributed by atoms with Crippen molar-refractivity contribution in [3.8, 4) is 0 Å². The van der Waals surface area contributed by atoms with E-state index in [0.717, 1.165) is 19.3 Å². The summed E-state index contributed by atoms with van der Waals surface area (Å²) in [5, 5.41) is 4.67. The molecule has 1 fully saturated rings. The maximum Gasteiger partial charge on any atom is 0.0834 e. The molecule has 0 aliphatic heterocycles. The van der Waals surface area contributed by atoms with Crippen LogP contribution in [0.15, 0.2) is 18.2 Å². The maximum absolute atomic E-state index is 6.11. The van der Waals surface area contributed by atoms with E-state index >= 15 is 0 Å². The molecule has 0 amide bonds. The highest BCUT2D eigenvalue weighted by atomic mass is 35.5.